The minimum atomic E-state index is -0.110. The predicted octanol–water partition coefficient (Wildman–Crippen LogP) is 2.61. The van der Waals surface area contributed by atoms with Gasteiger partial charge in [0.05, 0.1) is 14.2 Å². The zero-order valence-electron chi connectivity index (χ0n) is 15.0. The molecule has 7 heteroatoms. The molecular weight excluding hydrogens is 334 g/mol. The lowest BCUT2D eigenvalue weighted by molar-refractivity contribution is 0.0885. The lowest BCUT2D eigenvalue weighted by Crippen LogP contribution is -2.39. The van der Waals surface area contributed by atoms with Crippen molar-refractivity contribution in [1.82, 2.24) is 15.3 Å². The Morgan fingerprint density at radius 2 is 1.73 bits per heavy atom. The van der Waals surface area contributed by atoms with Crippen molar-refractivity contribution in [2.45, 2.75) is 37.8 Å². The van der Waals surface area contributed by atoms with Crippen LogP contribution in [-0.4, -0.2) is 42.2 Å². The number of rotatable bonds is 6. The second-order valence-corrected chi connectivity index (χ2v) is 6.17. The molecule has 2 aromatic rings. The quantitative estimate of drug-likeness (QED) is 0.856. The zero-order valence-corrected chi connectivity index (χ0v) is 15.0. The Kier molecular flexibility index (Phi) is 5.88. The summed E-state index contributed by atoms with van der Waals surface area (Å²) in [4.78, 5) is 20.7. The monoisotopic (exact) mass is 357 g/mol. The number of amides is 1. The number of ether oxygens (including phenoxy) is 3. The standard InChI is InChI=1S/C19H23N3O4/c1-24-16-9-4-13(12-17(16)25-2)18(23)22-14-5-7-15(8-6-14)26-19-20-10-3-11-21-19/h3-4,9-12,14-15H,5-8H2,1-2H3,(H,22,23). The predicted molar refractivity (Wildman–Crippen MR) is 95.7 cm³/mol. The van der Waals surface area contributed by atoms with Crippen molar-refractivity contribution in [2.75, 3.05) is 14.2 Å². The van der Waals surface area contributed by atoms with Gasteiger partial charge < -0.3 is 19.5 Å². The largest absolute Gasteiger partial charge is 0.493 e. The van der Waals surface area contributed by atoms with Crippen LogP contribution >= 0.6 is 0 Å². The van der Waals surface area contributed by atoms with Crippen LogP contribution in [0.25, 0.3) is 0 Å². The number of nitrogens with zero attached hydrogens (tertiary/aromatic N) is 2. The van der Waals surface area contributed by atoms with E-state index < -0.39 is 0 Å². The molecule has 1 aliphatic carbocycles. The van der Waals surface area contributed by atoms with Gasteiger partial charge in [-0.15, -0.1) is 0 Å². The Morgan fingerprint density at radius 1 is 1.04 bits per heavy atom. The van der Waals surface area contributed by atoms with E-state index in [1.165, 1.54) is 0 Å². The van der Waals surface area contributed by atoms with Crippen LogP contribution in [-0.2, 0) is 0 Å². The van der Waals surface area contributed by atoms with Crippen molar-refractivity contribution < 1.29 is 19.0 Å². The minimum absolute atomic E-state index is 0.0895. The molecule has 0 spiro atoms. The van der Waals surface area contributed by atoms with E-state index in [0.717, 1.165) is 25.7 Å². The number of hydrogen-bond acceptors (Lipinski definition) is 6. The zero-order chi connectivity index (χ0) is 18.4. The number of carbonyl (C=O) groups is 1. The number of benzene rings is 1. The van der Waals surface area contributed by atoms with Crippen molar-refractivity contribution in [3.05, 3.63) is 42.2 Å². The molecule has 1 aliphatic rings. The lowest BCUT2D eigenvalue weighted by Gasteiger charge is -2.28. The Hall–Kier alpha value is -2.83. The second-order valence-electron chi connectivity index (χ2n) is 6.17. The van der Waals surface area contributed by atoms with Gasteiger partial charge in [-0.05, 0) is 49.9 Å². The van der Waals surface area contributed by atoms with Crippen LogP contribution in [0.15, 0.2) is 36.7 Å². The summed E-state index contributed by atoms with van der Waals surface area (Å²) in [5.41, 5.74) is 0.554. The first-order valence-corrected chi connectivity index (χ1v) is 8.66. The molecule has 1 aromatic carbocycles. The molecule has 3 rings (SSSR count). The summed E-state index contributed by atoms with van der Waals surface area (Å²) in [5, 5.41) is 3.09. The Morgan fingerprint density at radius 3 is 2.38 bits per heavy atom. The third-order valence-corrected chi connectivity index (χ3v) is 4.47. The number of hydrogen-bond donors (Lipinski definition) is 1. The number of methoxy groups -OCH3 is 2. The fourth-order valence-corrected chi connectivity index (χ4v) is 3.07. The molecule has 1 aromatic heterocycles. The highest BCUT2D eigenvalue weighted by Gasteiger charge is 2.24. The van der Waals surface area contributed by atoms with Gasteiger partial charge >= 0.3 is 6.01 Å². The van der Waals surface area contributed by atoms with Gasteiger partial charge in [0.25, 0.3) is 5.91 Å². The van der Waals surface area contributed by atoms with Crippen LogP contribution in [0.3, 0.4) is 0 Å². The van der Waals surface area contributed by atoms with Crippen LogP contribution in [0.4, 0.5) is 0 Å². The molecule has 26 heavy (non-hydrogen) atoms. The molecule has 1 amide bonds. The fraction of sp³-hybridized carbons (Fsp3) is 0.421. The maximum Gasteiger partial charge on any atom is 0.316 e. The number of carbonyl (C=O) groups excluding carboxylic acids is 1. The summed E-state index contributed by atoms with van der Waals surface area (Å²) < 4.78 is 16.2. The van der Waals surface area contributed by atoms with E-state index in [1.54, 1.807) is 50.9 Å². The highest BCUT2D eigenvalue weighted by Crippen LogP contribution is 2.28. The number of nitrogens with one attached hydrogen (secondary N) is 1. The molecule has 1 saturated carbocycles. The van der Waals surface area contributed by atoms with Gasteiger partial charge in [-0.25, -0.2) is 9.97 Å². The highest BCUT2D eigenvalue weighted by molar-refractivity contribution is 5.95. The lowest BCUT2D eigenvalue weighted by atomic mass is 9.92. The average Bonchev–Trinajstić information content (AvgIpc) is 2.69. The van der Waals surface area contributed by atoms with E-state index in [0.29, 0.717) is 23.1 Å². The first-order valence-electron chi connectivity index (χ1n) is 8.66. The van der Waals surface area contributed by atoms with Crippen molar-refractivity contribution in [2.24, 2.45) is 0 Å². The van der Waals surface area contributed by atoms with E-state index in [1.807, 2.05) is 0 Å². The normalized spacial score (nSPS) is 19.5. The Balaban J connectivity index is 1.52. The summed E-state index contributed by atoms with van der Waals surface area (Å²) in [5.74, 6) is 1.03. The van der Waals surface area contributed by atoms with Gasteiger partial charge in [0.2, 0.25) is 0 Å². The summed E-state index contributed by atoms with van der Waals surface area (Å²) >= 11 is 0. The minimum Gasteiger partial charge on any atom is -0.493 e. The van der Waals surface area contributed by atoms with Gasteiger partial charge in [-0.1, -0.05) is 0 Å². The van der Waals surface area contributed by atoms with Crippen LogP contribution in [0.2, 0.25) is 0 Å². The summed E-state index contributed by atoms with van der Waals surface area (Å²) in [6.45, 7) is 0. The van der Waals surface area contributed by atoms with Gasteiger partial charge in [-0.2, -0.15) is 0 Å². The number of aromatic nitrogens is 2. The van der Waals surface area contributed by atoms with E-state index in [2.05, 4.69) is 15.3 Å². The molecule has 1 fully saturated rings. The Labute approximate surface area is 152 Å². The third kappa shape index (κ3) is 4.41. The SMILES string of the molecule is COc1ccc(C(=O)NC2CCC(Oc3ncccn3)CC2)cc1OC. The molecule has 7 nitrogen and oxygen atoms in total. The van der Waals surface area contributed by atoms with Gasteiger partial charge in [0.1, 0.15) is 6.10 Å². The topological polar surface area (TPSA) is 82.6 Å². The highest BCUT2D eigenvalue weighted by atomic mass is 16.5. The first-order chi connectivity index (χ1) is 12.7. The average molecular weight is 357 g/mol. The molecule has 0 saturated heterocycles. The summed E-state index contributed by atoms with van der Waals surface area (Å²) in [6.07, 6.45) is 6.85. The molecule has 0 aliphatic heterocycles. The van der Waals surface area contributed by atoms with Gasteiger partial charge in [-0.3, -0.25) is 4.79 Å². The summed E-state index contributed by atoms with van der Waals surface area (Å²) in [6, 6.07) is 7.46. The van der Waals surface area contributed by atoms with E-state index in [-0.39, 0.29) is 18.1 Å². The maximum atomic E-state index is 12.5. The van der Waals surface area contributed by atoms with Crippen LogP contribution in [0.5, 0.6) is 17.5 Å². The van der Waals surface area contributed by atoms with Crippen molar-refractivity contribution in [1.29, 1.82) is 0 Å². The van der Waals surface area contributed by atoms with E-state index in [4.69, 9.17) is 14.2 Å². The maximum absolute atomic E-state index is 12.5. The molecule has 0 unspecified atom stereocenters. The molecule has 1 heterocycles. The van der Waals surface area contributed by atoms with Crippen LogP contribution < -0.4 is 19.5 Å². The summed E-state index contributed by atoms with van der Waals surface area (Å²) in [7, 11) is 3.12. The molecule has 0 atom stereocenters. The molecule has 0 radical (unpaired) electrons. The fourth-order valence-electron chi connectivity index (χ4n) is 3.07. The molecular formula is C19H23N3O4. The first kappa shape index (κ1) is 18.0. The smallest absolute Gasteiger partial charge is 0.316 e. The van der Waals surface area contributed by atoms with Crippen molar-refractivity contribution >= 4 is 5.91 Å². The van der Waals surface area contributed by atoms with Gasteiger partial charge in [0.15, 0.2) is 11.5 Å². The second kappa shape index (κ2) is 8.51. The van der Waals surface area contributed by atoms with Gasteiger partial charge in [0, 0.05) is 24.0 Å². The molecule has 0 bridgehead atoms. The third-order valence-electron chi connectivity index (χ3n) is 4.47. The molecule has 138 valence electrons. The molecule has 1 N–H and O–H groups in total. The van der Waals surface area contributed by atoms with E-state index in [9.17, 15) is 4.79 Å². The van der Waals surface area contributed by atoms with Crippen molar-refractivity contribution in [3.63, 3.8) is 0 Å². The van der Waals surface area contributed by atoms with Crippen LogP contribution in [0.1, 0.15) is 36.0 Å². The van der Waals surface area contributed by atoms with E-state index >= 15 is 0 Å². The van der Waals surface area contributed by atoms with Crippen LogP contribution in [0, 0.1) is 0 Å². The van der Waals surface area contributed by atoms with Crippen molar-refractivity contribution in [3.8, 4) is 17.5 Å². The Bertz CT molecular complexity index is 731.